The Bertz CT molecular complexity index is 341. The second kappa shape index (κ2) is 4.83. The first-order chi connectivity index (χ1) is 7.70. The number of hydrogen-bond acceptors (Lipinski definition) is 3. The third-order valence-corrected chi connectivity index (χ3v) is 3.54. The smallest absolute Gasteiger partial charge is 0.0559 e. The third kappa shape index (κ3) is 2.35. The van der Waals surface area contributed by atoms with E-state index >= 15 is 0 Å². The molecule has 3 heteroatoms. The zero-order valence-electron chi connectivity index (χ0n) is 10.1. The van der Waals surface area contributed by atoms with Crippen molar-refractivity contribution in [1.82, 2.24) is 4.98 Å². The van der Waals surface area contributed by atoms with Crippen LogP contribution in [0.2, 0.25) is 0 Å². The van der Waals surface area contributed by atoms with Crippen LogP contribution in [0.5, 0.6) is 0 Å². The lowest BCUT2D eigenvalue weighted by Crippen LogP contribution is -2.31. The lowest BCUT2D eigenvalue weighted by Gasteiger charge is -2.32. The highest BCUT2D eigenvalue weighted by Crippen LogP contribution is 2.37. The van der Waals surface area contributed by atoms with Gasteiger partial charge in [-0.15, -0.1) is 0 Å². The first-order valence-electron chi connectivity index (χ1n) is 6.08. The summed E-state index contributed by atoms with van der Waals surface area (Å²) in [6.07, 6.45) is 7.28. The lowest BCUT2D eigenvalue weighted by atomic mass is 9.76. The van der Waals surface area contributed by atoms with Crippen LogP contribution in [0.4, 0.5) is 5.69 Å². The van der Waals surface area contributed by atoms with Gasteiger partial charge in [-0.3, -0.25) is 4.98 Å². The highest BCUT2D eigenvalue weighted by atomic mass is 14.8. The summed E-state index contributed by atoms with van der Waals surface area (Å²) in [7, 11) is 1.95. The molecule has 0 aliphatic heterocycles. The quantitative estimate of drug-likeness (QED) is 0.802. The summed E-state index contributed by atoms with van der Waals surface area (Å²) in [5.41, 5.74) is 8.63. The van der Waals surface area contributed by atoms with Crippen molar-refractivity contribution in [2.24, 2.45) is 11.7 Å². The van der Waals surface area contributed by atoms with Gasteiger partial charge in [-0.05, 0) is 42.7 Å². The minimum Gasteiger partial charge on any atom is -0.387 e. The van der Waals surface area contributed by atoms with Crippen LogP contribution in [-0.4, -0.2) is 18.1 Å². The Morgan fingerprint density at radius 2 is 2.19 bits per heavy atom. The summed E-state index contributed by atoms with van der Waals surface area (Å²) in [6, 6.07) is 2.48. The van der Waals surface area contributed by atoms with E-state index in [4.69, 9.17) is 5.73 Å². The van der Waals surface area contributed by atoms with Crippen LogP contribution < -0.4 is 11.1 Å². The molecule has 1 heterocycles. The number of anilines is 1. The number of nitrogens with zero attached hydrogens (tertiary/aromatic N) is 1. The highest BCUT2D eigenvalue weighted by molar-refractivity contribution is 5.50. The summed E-state index contributed by atoms with van der Waals surface area (Å²) in [5, 5.41) is 3.22. The molecule has 0 amide bonds. The van der Waals surface area contributed by atoms with Crippen LogP contribution in [0.3, 0.4) is 0 Å². The van der Waals surface area contributed by atoms with Gasteiger partial charge in [-0.1, -0.05) is 6.92 Å². The SMILES string of the molecule is CNc1cnccc1C1CC(N)C[C@@H](C)C1. The molecular weight excluding hydrogens is 198 g/mol. The van der Waals surface area contributed by atoms with Gasteiger partial charge in [-0.2, -0.15) is 0 Å². The molecule has 88 valence electrons. The predicted octanol–water partition coefficient (Wildman–Crippen LogP) is 2.35. The van der Waals surface area contributed by atoms with E-state index in [1.165, 1.54) is 12.0 Å². The minimum atomic E-state index is 0.353. The normalized spacial score (nSPS) is 30.1. The number of rotatable bonds is 2. The van der Waals surface area contributed by atoms with Crippen molar-refractivity contribution in [3.8, 4) is 0 Å². The fourth-order valence-corrected chi connectivity index (χ4v) is 2.88. The van der Waals surface area contributed by atoms with E-state index < -0.39 is 0 Å². The summed E-state index contributed by atoms with van der Waals surface area (Å²) < 4.78 is 0. The maximum Gasteiger partial charge on any atom is 0.0559 e. The van der Waals surface area contributed by atoms with Crippen molar-refractivity contribution >= 4 is 5.69 Å². The Morgan fingerprint density at radius 3 is 2.88 bits per heavy atom. The van der Waals surface area contributed by atoms with E-state index in [0.29, 0.717) is 12.0 Å². The summed E-state index contributed by atoms with van der Waals surface area (Å²) in [5.74, 6) is 1.32. The molecule has 2 rings (SSSR count). The van der Waals surface area contributed by atoms with E-state index in [9.17, 15) is 0 Å². The first-order valence-corrected chi connectivity index (χ1v) is 6.08. The number of hydrogen-bond donors (Lipinski definition) is 2. The van der Waals surface area contributed by atoms with Gasteiger partial charge in [0.25, 0.3) is 0 Å². The van der Waals surface area contributed by atoms with Crippen LogP contribution in [0.1, 0.15) is 37.7 Å². The fraction of sp³-hybridized carbons (Fsp3) is 0.615. The van der Waals surface area contributed by atoms with Gasteiger partial charge in [0.1, 0.15) is 0 Å². The number of aromatic nitrogens is 1. The Kier molecular flexibility index (Phi) is 3.44. The van der Waals surface area contributed by atoms with Crippen LogP contribution >= 0.6 is 0 Å². The van der Waals surface area contributed by atoms with E-state index in [1.807, 2.05) is 19.4 Å². The molecule has 1 aromatic heterocycles. The Balaban J connectivity index is 2.22. The van der Waals surface area contributed by atoms with E-state index in [2.05, 4.69) is 23.3 Å². The maximum atomic E-state index is 6.11. The summed E-state index contributed by atoms with van der Waals surface area (Å²) in [6.45, 7) is 2.30. The average Bonchev–Trinajstić information content (AvgIpc) is 2.27. The lowest BCUT2D eigenvalue weighted by molar-refractivity contribution is 0.308. The third-order valence-electron chi connectivity index (χ3n) is 3.54. The van der Waals surface area contributed by atoms with Crippen LogP contribution in [0, 0.1) is 5.92 Å². The molecule has 0 saturated heterocycles. The molecule has 0 aromatic carbocycles. The Hall–Kier alpha value is -1.09. The molecule has 1 aliphatic rings. The topological polar surface area (TPSA) is 50.9 Å². The molecule has 0 spiro atoms. The molecule has 16 heavy (non-hydrogen) atoms. The van der Waals surface area contributed by atoms with Gasteiger partial charge < -0.3 is 11.1 Å². The number of pyridine rings is 1. The van der Waals surface area contributed by atoms with Crippen molar-refractivity contribution < 1.29 is 0 Å². The predicted molar refractivity (Wildman–Crippen MR) is 67.5 cm³/mol. The van der Waals surface area contributed by atoms with Crippen LogP contribution in [0.25, 0.3) is 0 Å². The molecule has 0 bridgehead atoms. The van der Waals surface area contributed by atoms with Crippen molar-refractivity contribution in [2.45, 2.75) is 38.1 Å². The van der Waals surface area contributed by atoms with Crippen LogP contribution in [-0.2, 0) is 0 Å². The number of nitrogens with one attached hydrogen (secondary N) is 1. The molecule has 1 aromatic rings. The molecular formula is C13H21N3. The van der Waals surface area contributed by atoms with Crippen molar-refractivity contribution in [1.29, 1.82) is 0 Å². The zero-order chi connectivity index (χ0) is 11.5. The Labute approximate surface area is 97.5 Å². The van der Waals surface area contributed by atoms with Gasteiger partial charge in [0.2, 0.25) is 0 Å². The summed E-state index contributed by atoms with van der Waals surface area (Å²) >= 11 is 0. The average molecular weight is 219 g/mol. The van der Waals surface area contributed by atoms with Gasteiger partial charge in [-0.25, -0.2) is 0 Å². The second-order valence-corrected chi connectivity index (χ2v) is 4.98. The van der Waals surface area contributed by atoms with Crippen molar-refractivity contribution in [3.63, 3.8) is 0 Å². The second-order valence-electron chi connectivity index (χ2n) is 4.98. The molecule has 1 aliphatic carbocycles. The van der Waals surface area contributed by atoms with E-state index in [0.717, 1.165) is 24.4 Å². The molecule has 3 N–H and O–H groups in total. The maximum absolute atomic E-state index is 6.11. The van der Waals surface area contributed by atoms with Gasteiger partial charge in [0, 0.05) is 19.3 Å². The van der Waals surface area contributed by atoms with Crippen LogP contribution in [0.15, 0.2) is 18.5 Å². The van der Waals surface area contributed by atoms with Gasteiger partial charge in [0.15, 0.2) is 0 Å². The van der Waals surface area contributed by atoms with Gasteiger partial charge in [0.05, 0.1) is 11.9 Å². The molecule has 0 radical (unpaired) electrons. The largest absolute Gasteiger partial charge is 0.387 e. The monoisotopic (exact) mass is 219 g/mol. The molecule has 1 fully saturated rings. The Morgan fingerprint density at radius 1 is 1.38 bits per heavy atom. The fourth-order valence-electron chi connectivity index (χ4n) is 2.88. The van der Waals surface area contributed by atoms with E-state index in [-0.39, 0.29) is 0 Å². The molecule has 3 nitrogen and oxygen atoms in total. The van der Waals surface area contributed by atoms with E-state index in [1.54, 1.807) is 0 Å². The number of nitrogens with two attached hydrogens (primary N) is 1. The highest BCUT2D eigenvalue weighted by Gasteiger charge is 2.26. The minimum absolute atomic E-state index is 0.353. The van der Waals surface area contributed by atoms with Crippen molar-refractivity contribution in [2.75, 3.05) is 12.4 Å². The van der Waals surface area contributed by atoms with Gasteiger partial charge >= 0.3 is 0 Å². The molecule has 1 saturated carbocycles. The molecule has 2 unspecified atom stereocenters. The standard InChI is InChI=1S/C13H21N3/c1-9-5-10(7-11(14)6-9)12-3-4-16-8-13(12)15-2/h3-4,8-11,15H,5-7,14H2,1-2H3/t9-,10?,11?/m0/s1. The molecule has 3 atom stereocenters. The first kappa shape index (κ1) is 11.4. The zero-order valence-corrected chi connectivity index (χ0v) is 10.1. The van der Waals surface area contributed by atoms with Crippen molar-refractivity contribution in [3.05, 3.63) is 24.0 Å². The summed E-state index contributed by atoms with van der Waals surface area (Å²) in [4.78, 5) is 4.16.